The first-order chi connectivity index (χ1) is 11.4. The second kappa shape index (κ2) is 8.45. The zero-order valence-electron chi connectivity index (χ0n) is 13.8. The molecule has 0 heterocycles. The van der Waals surface area contributed by atoms with Crippen LogP contribution < -0.4 is 4.74 Å². The van der Waals surface area contributed by atoms with Crippen LogP contribution in [0, 0.1) is 0 Å². The van der Waals surface area contributed by atoms with Crippen molar-refractivity contribution in [2.75, 3.05) is 6.61 Å². The maximum atomic E-state index is 11.4. The van der Waals surface area contributed by atoms with Crippen LogP contribution in [0.2, 0.25) is 5.02 Å². The van der Waals surface area contributed by atoms with Crippen LogP contribution in [0.25, 0.3) is 0 Å². The number of carbonyl (C=O) groups is 1. The maximum absolute atomic E-state index is 11.4. The zero-order valence-corrected chi connectivity index (χ0v) is 15.4. The van der Waals surface area contributed by atoms with E-state index in [1.165, 1.54) is 11.8 Å². The predicted octanol–water partition coefficient (Wildman–Crippen LogP) is 5.31. The molecule has 0 bridgehead atoms. The van der Waals surface area contributed by atoms with E-state index in [4.69, 9.17) is 16.3 Å². The van der Waals surface area contributed by atoms with Gasteiger partial charge in [-0.15, -0.1) is 11.8 Å². The first kappa shape index (κ1) is 18.7. The van der Waals surface area contributed by atoms with Crippen LogP contribution in [-0.4, -0.2) is 22.4 Å². The van der Waals surface area contributed by atoms with E-state index in [0.717, 1.165) is 27.7 Å². The van der Waals surface area contributed by atoms with Gasteiger partial charge in [-0.3, -0.25) is 4.79 Å². The Morgan fingerprint density at radius 1 is 1.25 bits per heavy atom. The molecule has 1 N–H and O–H groups in total. The van der Waals surface area contributed by atoms with Crippen molar-refractivity contribution in [2.24, 2.45) is 0 Å². The van der Waals surface area contributed by atoms with Crippen molar-refractivity contribution in [3.05, 3.63) is 59.1 Å². The minimum absolute atomic E-state index is 0.550. The number of rotatable bonds is 8. The lowest BCUT2D eigenvalue weighted by molar-refractivity contribution is -0.139. The molecule has 1 unspecified atom stereocenters. The van der Waals surface area contributed by atoms with Crippen LogP contribution in [0.4, 0.5) is 0 Å². The van der Waals surface area contributed by atoms with Gasteiger partial charge in [-0.05, 0) is 49.2 Å². The van der Waals surface area contributed by atoms with Crippen molar-refractivity contribution in [3.63, 3.8) is 0 Å². The number of aliphatic carboxylic acids is 1. The van der Waals surface area contributed by atoms with E-state index >= 15 is 0 Å². The molecule has 0 spiro atoms. The fourth-order valence-corrected chi connectivity index (χ4v) is 3.29. The first-order valence-corrected chi connectivity index (χ1v) is 9.02. The number of carboxylic acids is 1. The highest BCUT2D eigenvalue weighted by atomic mass is 35.5. The molecule has 3 nitrogen and oxygen atoms in total. The molecule has 0 aromatic heterocycles. The van der Waals surface area contributed by atoms with E-state index in [-0.39, 0.29) is 0 Å². The largest absolute Gasteiger partial charge is 0.493 e. The summed E-state index contributed by atoms with van der Waals surface area (Å²) in [6.07, 6.45) is 1.34. The van der Waals surface area contributed by atoms with Crippen LogP contribution in [0.3, 0.4) is 0 Å². The highest BCUT2D eigenvalue weighted by molar-refractivity contribution is 8.01. The van der Waals surface area contributed by atoms with Crippen LogP contribution >= 0.6 is 23.4 Å². The van der Waals surface area contributed by atoms with E-state index in [0.29, 0.717) is 13.0 Å². The first-order valence-electron chi connectivity index (χ1n) is 7.82. The Kier molecular flexibility index (Phi) is 6.58. The molecule has 2 aromatic carbocycles. The Hall–Kier alpha value is -1.65. The second-order valence-electron chi connectivity index (χ2n) is 5.69. The summed E-state index contributed by atoms with van der Waals surface area (Å²) in [5.74, 6) is -0.0538. The van der Waals surface area contributed by atoms with Gasteiger partial charge >= 0.3 is 5.97 Å². The minimum Gasteiger partial charge on any atom is -0.493 e. The molecule has 2 rings (SSSR count). The molecule has 0 saturated heterocycles. The molecule has 24 heavy (non-hydrogen) atoms. The molecule has 2 aromatic rings. The zero-order chi connectivity index (χ0) is 17.6. The average molecular weight is 365 g/mol. The number of thioether (sulfide) groups is 1. The highest BCUT2D eigenvalue weighted by Crippen LogP contribution is 2.36. The normalized spacial score (nSPS) is 13.3. The fraction of sp³-hybridized carbons (Fsp3) is 0.316. The smallest absolute Gasteiger partial charge is 0.319 e. The van der Waals surface area contributed by atoms with Gasteiger partial charge in [0.2, 0.25) is 0 Å². The second-order valence-corrected chi connectivity index (χ2v) is 7.70. The van der Waals surface area contributed by atoms with Gasteiger partial charge in [0.1, 0.15) is 10.5 Å². The Morgan fingerprint density at radius 2 is 1.96 bits per heavy atom. The molecule has 1 atom stereocenters. The van der Waals surface area contributed by atoms with Gasteiger partial charge in [0.15, 0.2) is 0 Å². The van der Waals surface area contributed by atoms with Gasteiger partial charge in [-0.2, -0.15) is 0 Å². The van der Waals surface area contributed by atoms with Crippen LogP contribution in [-0.2, 0) is 11.2 Å². The minimum atomic E-state index is -0.831. The van der Waals surface area contributed by atoms with Gasteiger partial charge in [-0.1, -0.05) is 36.7 Å². The van der Waals surface area contributed by atoms with E-state index in [9.17, 15) is 9.90 Å². The summed E-state index contributed by atoms with van der Waals surface area (Å²) in [7, 11) is 0. The van der Waals surface area contributed by atoms with E-state index in [1.807, 2.05) is 55.5 Å². The quantitative estimate of drug-likeness (QED) is 0.645. The Balaban J connectivity index is 1.95. The number of carboxylic acid groups (broad SMARTS) is 1. The lowest BCUT2D eigenvalue weighted by Crippen LogP contribution is -2.30. The predicted molar refractivity (Wildman–Crippen MR) is 99.3 cm³/mol. The molecular weight excluding hydrogens is 344 g/mol. The summed E-state index contributed by atoms with van der Waals surface area (Å²) >= 11 is 7.22. The highest BCUT2D eigenvalue weighted by Gasteiger charge is 2.32. The average Bonchev–Trinajstić information content (AvgIpc) is 2.57. The topological polar surface area (TPSA) is 46.5 Å². The third-order valence-electron chi connectivity index (χ3n) is 3.85. The van der Waals surface area contributed by atoms with E-state index in [1.54, 1.807) is 6.92 Å². The standard InChI is InChI=1S/C19H21ClO3S/c1-3-19(2,18(21)22)24-17-6-4-5-16(13-17)23-12-11-14-7-9-15(20)10-8-14/h4-10,13H,3,11-12H2,1-2H3,(H,21,22). The molecular formula is C19H21ClO3S. The summed E-state index contributed by atoms with van der Waals surface area (Å²) < 4.78 is 4.96. The number of ether oxygens (including phenoxy) is 1. The number of benzene rings is 2. The van der Waals surface area contributed by atoms with Gasteiger partial charge in [-0.25, -0.2) is 0 Å². The SMILES string of the molecule is CCC(C)(Sc1cccc(OCCc2ccc(Cl)cc2)c1)C(=O)O. The molecule has 0 fully saturated rings. The van der Waals surface area contributed by atoms with Crippen LogP contribution in [0.15, 0.2) is 53.4 Å². The Bertz CT molecular complexity index is 687. The molecule has 128 valence electrons. The summed E-state index contributed by atoms with van der Waals surface area (Å²) in [5, 5.41) is 10.1. The van der Waals surface area contributed by atoms with Gasteiger partial charge in [0.25, 0.3) is 0 Å². The summed E-state index contributed by atoms with van der Waals surface area (Å²) in [5.41, 5.74) is 1.16. The Labute approximate surface area is 152 Å². The van der Waals surface area contributed by atoms with Crippen molar-refractivity contribution in [1.29, 1.82) is 0 Å². The third kappa shape index (κ3) is 5.18. The van der Waals surface area contributed by atoms with Crippen molar-refractivity contribution in [2.45, 2.75) is 36.3 Å². The molecule has 0 aliphatic carbocycles. The van der Waals surface area contributed by atoms with Crippen LogP contribution in [0.1, 0.15) is 25.8 Å². The third-order valence-corrected chi connectivity index (χ3v) is 5.50. The summed E-state index contributed by atoms with van der Waals surface area (Å²) in [4.78, 5) is 12.3. The molecule has 0 aliphatic heterocycles. The van der Waals surface area contributed by atoms with Crippen molar-refractivity contribution < 1.29 is 14.6 Å². The molecule has 0 saturated carbocycles. The van der Waals surface area contributed by atoms with E-state index < -0.39 is 10.7 Å². The van der Waals surface area contributed by atoms with Gasteiger partial charge in [0, 0.05) is 16.3 Å². The van der Waals surface area contributed by atoms with Gasteiger partial charge in [0.05, 0.1) is 6.61 Å². The van der Waals surface area contributed by atoms with Crippen LogP contribution in [0.5, 0.6) is 5.75 Å². The molecule has 0 amide bonds. The molecule has 0 aliphatic rings. The number of hydrogen-bond donors (Lipinski definition) is 1. The van der Waals surface area contributed by atoms with E-state index in [2.05, 4.69) is 0 Å². The van der Waals surface area contributed by atoms with Crippen molar-refractivity contribution >= 4 is 29.3 Å². The molecule has 5 heteroatoms. The fourth-order valence-electron chi connectivity index (χ4n) is 2.09. The van der Waals surface area contributed by atoms with Gasteiger partial charge < -0.3 is 9.84 Å². The van der Waals surface area contributed by atoms with Crippen molar-refractivity contribution in [3.8, 4) is 5.75 Å². The summed E-state index contributed by atoms with van der Waals surface area (Å²) in [6, 6.07) is 15.3. The summed E-state index contributed by atoms with van der Waals surface area (Å²) in [6.45, 7) is 4.18. The maximum Gasteiger partial charge on any atom is 0.319 e. The van der Waals surface area contributed by atoms with Crippen molar-refractivity contribution in [1.82, 2.24) is 0 Å². The number of halogens is 1. The Morgan fingerprint density at radius 3 is 2.58 bits per heavy atom. The number of hydrogen-bond acceptors (Lipinski definition) is 3. The molecule has 0 radical (unpaired) electrons. The lowest BCUT2D eigenvalue weighted by Gasteiger charge is -2.22. The lowest BCUT2D eigenvalue weighted by atomic mass is 10.1. The monoisotopic (exact) mass is 364 g/mol.